The minimum Gasteiger partial charge on any atom is -0.459 e. The van der Waals surface area contributed by atoms with E-state index in [1.165, 1.54) is 24.5 Å². The molecule has 4 rings (SSSR count). The highest BCUT2D eigenvalue weighted by Gasteiger charge is 2.35. The second-order valence-corrected chi connectivity index (χ2v) is 7.25. The molecule has 1 aliphatic heterocycles. The predicted octanol–water partition coefficient (Wildman–Crippen LogP) is 5.19. The number of fused-ring (bicyclic) bond motifs is 1. The van der Waals surface area contributed by atoms with Gasteiger partial charge in [0, 0.05) is 5.69 Å². The van der Waals surface area contributed by atoms with Gasteiger partial charge in [0.15, 0.2) is 5.76 Å². The molecule has 9 heteroatoms. The van der Waals surface area contributed by atoms with Gasteiger partial charge in [-0.3, -0.25) is 9.59 Å². The Morgan fingerprint density at radius 1 is 1.03 bits per heavy atom. The third-order valence-electron chi connectivity index (χ3n) is 5.07. The average Bonchev–Trinajstić information content (AvgIpc) is 3.29. The van der Waals surface area contributed by atoms with Crippen molar-refractivity contribution in [3.8, 4) is 0 Å². The average molecular weight is 444 g/mol. The lowest BCUT2D eigenvalue weighted by molar-refractivity contribution is -0.136. The summed E-state index contributed by atoms with van der Waals surface area (Å²) in [5, 5.41) is 4.68. The number of halogens is 3. The lowest BCUT2D eigenvalue weighted by atomic mass is 9.95. The molecule has 1 aromatic heterocycles. The van der Waals surface area contributed by atoms with Gasteiger partial charge < -0.3 is 19.8 Å². The van der Waals surface area contributed by atoms with Crippen molar-refractivity contribution >= 4 is 23.2 Å². The van der Waals surface area contributed by atoms with Gasteiger partial charge in [0.25, 0.3) is 5.91 Å². The van der Waals surface area contributed by atoms with Crippen LogP contribution in [0, 0.1) is 0 Å². The summed E-state index contributed by atoms with van der Waals surface area (Å²) >= 11 is 0. The summed E-state index contributed by atoms with van der Waals surface area (Å²) in [4.78, 5) is 24.6. The highest BCUT2D eigenvalue weighted by Crippen LogP contribution is 2.37. The number of benzene rings is 2. The van der Waals surface area contributed by atoms with Crippen LogP contribution in [0.2, 0.25) is 0 Å². The number of hydrogen-bond acceptors (Lipinski definition) is 4. The first-order chi connectivity index (χ1) is 15.3. The molecular weight excluding hydrogens is 425 g/mol. The summed E-state index contributed by atoms with van der Waals surface area (Å²) in [7, 11) is 0. The van der Waals surface area contributed by atoms with Crippen LogP contribution in [0.5, 0.6) is 0 Å². The van der Waals surface area contributed by atoms with Crippen molar-refractivity contribution in [3.63, 3.8) is 0 Å². The highest BCUT2D eigenvalue weighted by atomic mass is 19.4. The van der Waals surface area contributed by atoms with E-state index in [4.69, 9.17) is 9.15 Å². The standard InChI is InChI=1S/C23H19F3N2O4/c24-23(25,26)17-12-15(27-22(30)19-6-3-10-31-19)7-8-18(17)28-21(29)13-20-16-5-2-1-4-14(16)9-11-32-20/h1-8,10,12,20H,9,11,13H2,(H,27,30)(H,28,29). The van der Waals surface area contributed by atoms with E-state index in [0.29, 0.717) is 6.61 Å². The Balaban J connectivity index is 1.50. The van der Waals surface area contributed by atoms with Gasteiger partial charge in [0.1, 0.15) is 0 Å². The molecule has 0 saturated heterocycles. The maximum Gasteiger partial charge on any atom is 0.418 e. The number of rotatable bonds is 5. The van der Waals surface area contributed by atoms with Gasteiger partial charge in [0.2, 0.25) is 5.91 Å². The largest absolute Gasteiger partial charge is 0.459 e. The van der Waals surface area contributed by atoms with Crippen molar-refractivity contribution in [2.24, 2.45) is 0 Å². The van der Waals surface area contributed by atoms with Gasteiger partial charge in [-0.2, -0.15) is 13.2 Å². The molecule has 2 heterocycles. The van der Waals surface area contributed by atoms with Crippen molar-refractivity contribution < 1.29 is 31.9 Å². The minimum atomic E-state index is -4.75. The summed E-state index contributed by atoms with van der Waals surface area (Å²) in [6.45, 7) is 0.437. The van der Waals surface area contributed by atoms with E-state index >= 15 is 0 Å². The maximum absolute atomic E-state index is 13.6. The first-order valence-corrected chi connectivity index (χ1v) is 9.86. The topological polar surface area (TPSA) is 80.6 Å². The van der Waals surface area contributed by atoms with E-state index in [9.17, 15) is 22.8 Å². The number of amides is 2. The van der Waals surface area contributed by atoms with E-state index in [-0.39, 0.29) is 17.9 Å². The molecule has 0 bridgehead atoms. The van der Waals surface area contributed by atoms with E-state index in [0.717, 1.165) is 29.7 Å². The zero-order valence-electron chi connectivity index (χ0n) is 16.7. The number of ether oxygens (including phenoxy) is 1. The molecule has 1 aliphatic rings. The Bertz CT molecular complexity index is 1130. The molecule has 0 fully saturated rings. The monoisotopic (exact) mass is 444 g/mol. The highest BCUT2D eigenvalue weighted by molar-refractivity contribution is 6.02. The van der Waals surface area contributed by atoms with Crippen molar-refractivity contribution in [2.45, 2.75) is 25.1 Å². The van der Waals surface area contributed by atoms with Gasteiger partial charge in [0.05, 0.1) is 36.6 Å². The van der Waals surface area contributed by atoms with Gasteiger partial charge in [-0.1, -0.05) is 24.3 Å². The molecule has 0 radical (unpaired) electrons. The number of alkyl halides is 3. The minimum absolute atomic E-state index is 0.0382. The van der Waals surface area contributed by atoms with Crippen LogP contribution in [0.1, 0.15) is 39.8 Å². The number of hydrogen-bond donors (Lipinski definition) is 2. The number of carbonyl (C=O) groups excluding carboxylic acids is 2. The predicted molar refractivity (Wildman–Crippen MR) is 110 cm³/mol. The molecule has 2 amide bonds. The fraction of sp³-hybridized carbons (Fsp3) is 0.217. The first-order valence-electron chi connectivity index (χ1n) is 9.86. The van der Waals surface area contributed by atoms with Crippen molar-refractivity contribution in [3.05, 3.63) is 83.3 Å². The van der Waals surface area contributed by atoms with E-state index in [1.807, 2.05) is 24.3 Å². The lowest BCUT2D eigenvalue weighted by Crippen LogP contribution is -2.23. The molecule has 2 N–H and O–H groups in total. The van der Waals surface area contributed by atoms with Crippen LogP contribution in [0.25, 0.3) is 0 Å². The Morgan fingerprint density at radius 3 is 2.59 bits per heavy atom. The number of anilines is 2. The molecular formula is C23H19F3N2O4. The third kappa shape index (κ3) is 4.83. The van der Waals surface area contributed by atoms with Crippen LogP contribution in [-0.4, -0.2) is 18.4 Å². The van der Waals surface area contributed by atoms with E-state index < -0.39 is 35.3 Å². The SMILES string of the molecule is O=C(CC1OCCc2ccccc21)Nc1ccc(NC(=O)c2ccco2)cc1C(F)(F)F. The zero-order valence-corrected chi connectivity index (χ0v) is 16.7. The van der Waals surface area contributed by atoms with Crippen molar-refractivity contribution in [1.29, 1.82) is 0 Å². The Kier molecular flexibility index (Phi) is 6.00. The van der Waals surface area contributed by atoms with Crippen LogP contribution in [0.15, 0.2) is 65.3 Å². The van der Waals surface area contributed by atoms with E-state index in [2.05, 4.69) is 10.6 Å². The normalized spacial score (nSPS) is 15.7. The Morgan fingerprint density at radius 2 is 1.84 bits per heavy atom. The summed E-state index contributed by atoms with van der Waals surface area (Å²) in [6, 6.07) is 13.5. The number of furan rings is 1. The molecule has 6 nitrogen and oxygen atoms in total. The molecule has 32 heavy (non-hydrogen) atoms. The van der Waals surface area contributed by atoms with Gasteiger partial charge in [-0.15, -0.1) is 0 Å². The van der Waals surface area contributed by atoms with Crippen LogP contribution >= 0.6 is 0 Å². The second kappa shape index (κ2) is 8.88. The summed E-state index contributed by atoms with van der Waals surface area (Å²) in [6.07, 6.45) is -3.39. The van der Waals surface area contributed by atoms with Gasteiger partial charge in [-0.05, 0) is 47.9 Å². The number of carbonyl (C=O) groups is 2. The van der Waals surface area contributed by atoms with Crippen LogP contribution in [0.3, 0.4) is 0 Å². The molecule has 3 aromatic rings. The van der Waals surface area contributed by atoms with Crippen molar-refractivity contribution in [1.82, 2.24) is 0 Å². The van der Waals surface area contributed by atoms with Crippen LogP contribution < -0.4 is 10.6 Å². The second-order valence-electron chi connectivity index (χ2n) is 7.25. The smallest absolute Gasteiger partial charge is 0.418 e. The molecule has 2 aromatic carbocycles. The molecule has 1 atom stereocenters. The van der Waals surface area contributed by atoms with Crippen molar-refractivity contribution in [2.75, 3.05) is 17.2 Å². The zero-order chi connectivity index (χ0) is 22.7. The molecule has 0 saturated carbocycles. The third-order valence-corrected chi connectivity index (χ3v) is 5.07. The van der Waals surface area contributed by atoms with Gasteiger partial charge in [-0.25, -0.2) is 0 Å². The molecule has 166 valence electrons. The van der Waals surface area contributed by atoms with Crippen LogP contribution in [0.4, 0.5) is 24.5 Å². The first kappa shape index (κ1) is 21.6. The molecule has 1 unspecified atom stereocenters. The summed E-state index contributed by atoms with van der Waals surface area (Å²) < 4.78 is 51.5. The summed E-state index contributed by atoms with van der Waals surface area (Å²) in [5.41, 5.74) is 0.363. The fourth-order valence-electron chi connectivity index (χ4n) is 3.58. The number of nitrogens with one attached hydrogen (secondary N) is 2. The van der Waals surface area contributed by atoms with Gasteiger partial charge >= 0.3 is 6.18 Å². The fourth-order valence-corrected chi connectivity index (χ4v) is 3.58. The van der Waals surface area contributed by atoms with Crippen LogP contribution in [-0.2, 0) is 22.1 Å². The molecule has 0 spiro atoms. The van der Waals surface area contributed by atoms with E-state index in [1.54, 1.807) is 0 Å². The Labute approximate surface area is 181 Å². The maximum atomic E-state index is 13.6. The lowest BCUT2D eigenvalue weighted by Gasteiger charge is -2.26. The quantitative estimate of drug-likeness (QED) is 0.567. The molecule has 0 aliphatic carbocycles. The Hall–Kier alpha value is -3.59. The summed E-state index contributed by atoms with van der Waals surface area (Å²) in [5.74, 6) is -1.33.